The second kappa shape index (κ2) is 8.03. The smallest absolute Gasteiger partial charge is 0.343 e. The predicted molar refractivity (Wildman–Crippen MR) is 123 cm³/mol. The van der Waals surface area contributed by atoms with Gasteiger partial charge in [0.2, 0.25) is 5.69 Å². The number of nitrogens with zero attached hydrogens (tertiary/aromatic N) is 1. The summed E-state index contributed by atoms with van der Waals surface area (Å²) in [6.45, 7) is 4.53. The van der Waals surface area contributed by atoms with E-state index in [9.17, 15) is 18.3 Å². The second-order valence-electron chi connectivity index (χ2n) is 8.36. The van der Waals surface area contributed by atoms with E-state index in [1.54, 1.807) is 18.2 Å². The van der Waals surface area contributed by atoms with Crippen LogP contribution in [0.5, 0.6) is 5.75 Å². The van der Waals surface area contributed by atoms with E-state index < -0.39 is 15.7 Å². The van der Waals surface area contributed by atoms with Gasteiger partial charge in [0.1, 0.15) is 17.9 Å². The number of hydrogen-bond acceptors (Lipinski definition) is 5. The van der Waals surface area contributed by atoms with Gasteiger partial charge in [-0.05, 0) is 38.1 Å². The first-order chi connectivity index (χ1) is 15.1. The van der Waals surface area contributed by atoms with Crippen molar-refractivity contribution in [1.82, 2.24) is 0 Å². The molecule has 8 heteroatoms. The van der Waals surface area contributed by atoms with Crippen molar-refractivity contribution in [3.63, 3.8) is 0 Å². The van der Waals surface area contributed by atoms with Gasteiger partial charge in [-0.2, -0.15) is 13.0 Å². The Labute approximate surface area is 185 Å². The highest BCUT2D eigenvalue weighted by Gasteiger charge is 2.43. The van der Waals surface area contributed by atoms with Crippen LogP contribution in [0.1, 0.15) is 31.4 Å². The molecule has 1 aliphatic heterocycles. The molecule has 0 aliphatic carbocycles. The molecule has 0 spiro atoms. The van der Waals surface area contributed by atoms with Gasteiger partial charge in [-0.15, -0.1) is 0 Å². The van der Waals surface area contributed by atoms with Gasteiger partial charge in [-0.25, -0.2) is 4.79 Å². The number of rotatable bonds is 6. The van der Waals surface area contributed by atoms with Gasteiger partial charge in [0.15, 0.2) is 5.71 Å². The minimum absolute atomic E-state index is 0.0190. The molecule has 0 fully saturated rings. The lowest BCUT2D eigenvalue weighted by atomic mass is 9.81. The third-order valence-electron chi connectivity index (χ3n) is 5.75. The van der Waals surface area contributed by atoms with Crippen LogP contribution in [0.2, 0.25) is 0 Å². The van der Waals surface area contributed by atoms with E-state index in [2.05, 4.69) is 13.8 Å². The van der Waals surface area contributed by atoms with Crippen molar-refractivity contribution in [2.24, 2.45) is 0 Å². The molecule has 0 saturated heterocycles. The largest absolute Gasteiger partial charge is 0.508 e. The minimum atomic E-state index is -4.05. The number of aromatic hydroxyl groups is 1. The molecule has 32 heavy (non-hydrogen) atoms. The Balaban J connectivity index is 1.76. The quantitative estimate of drug-likeness (QED) is 0.333. The van der Waals surface area contributed by atoms with Crippen LogP contribution in [0.25, 0.3) is 17.0 Å². The van der Waals surface area contributed by atoms with E-state index in [0.29, 0.717) is 23.1 Å². The van der Waals surface area contributed by atoms with E-state index in [1.807, 2.05) is 34.9 Å². The van der Waals surface area contributed by atoms with Crippen LogP contribution in [0.4, 0.5) is 5.69 Å². The van der Waals surface area contributed by atoms with Gasteiger partial charge in [-0.1, -0.05) is 18.2 Å². The van der Waals surface area contributed by atoms with Crippen LogP contribution >= 0.6 is 0 Å². The maximum Gasteiger partial charge on any atom is 0.343 e. The topological polar surface area (TPSA) is 108 Å². The molecule has 0 bridgehead atoms. The molecular weight excluding hydrogens is 430 g/mol. The van der Waals surface area contributed by atoms with E-state index in [-0.39, 0.29) is 23.3 Å². The summed E-state index contributed by atoms with van der Waals surface area (Å²) in [4.78, 5) is 12.5. The van der Waals surface area contributed by atoms with Crippen LogP contribution in [-0.2, 0) is 15.5 Å². The average Bonchev–Trinajstić information content (AvgIpc) is 2.92. The lowest BCUT2D eigenvalue weighted by Crippen LogP contribution is -2.28. The van der Waals surface area contributed by atoms with Crippen molar-refractivity contribution in [3.8, 4) is 5.75 Å². The lowest BCUT2D eigenvalue weighted by molar-refractivity contribution is -0.437. The zero-order valence-electron chi connectivity index (χ0n) is 17.8. The predicted octanol–water partition coefficient (Wildman–Crippen LogP) is 3.87. The second-order valence-corrected chi connectivity index (χ2v) is 9.94. The monoisotopic (exact) mass is 454 g/mol. The molecule has 1 aromatic heterocycles. The van der Waals surface area contributed by atoms with Crippen molar-refractivity contribution >= 4 is 38.6 Å². The lowest BCUT2D eigenvalue weighted by Gasteiger charge is -2.15. The van der Waals surface area contributed by atoms with E-state index in [1.165, 1.54) is 12.1 Å². The summed E-state index contributed by atoms with van der Waals surface area (Å²) in [7, 11) is -4.05. The Morgan fingerprint density at radius 1 is 1.09 bits per heavy atom. The van der Waals surface area contributed by atoms with Crippen LogP contribution in [0.15, 0.2) is 63.8 Å². The van der Waals surface area contributed by atoms with Gasteiger partial charge >= 0.3 is 5.63 Å². The van der Waals surface area contributed by atoms with Crippen molar-refractivity contribution in [2.45, 2.75) is 25.7 Å². The number of benzene rings is 2. The fourth-order valence-corrected chi connectivity index (χ4v) is 4.68. The molecule has 2 aromatic carbocycles. The number of fused-ring (bicyclic) bond motifs is 2. The van der Waals surface area contributed by atoms with Gasteiger partial charge in [0.25, 0.3) is 10.1 Å². The Kier molecular flexibility index (Phi) is 5.52. The molecule has 0 amide bonds. The molecule has 0 saturated carbocycles. The Bertz CT molecular complexity index is 1430. The van der Waals surface area contributed by atoms with Crippen LogP contribution in [0.3, 0.4) is 0 Å². The number of phenolic OH excluding ortho intramolecular Hbond substituents is 1. The van der Waals surface area contributed by atoms with Gasteiger partial charge in [-0.3, -0.25) is 4.55 Å². The highest BCUT2D eigenvalue weighted by atomic mass is 32.2. The molecule has 7 nitrogen and oxygen atoms in total. The van der Waals surface area contributed by atoms with Gasteiger partial charge < -0.3 is 9.52 Å². The maximum absolute atomic E-state index is 12.5. The molecule has 2 N–H and O–H groups in total. The van der Waals surface area contributed by atoms with Crippen molar-refractivity contribution < 1.29 is 27.1 Å². The summed E-state index contributed by atoms with van der Waals surface area (Å²) < 4.78 is 38.9. The normalized spacial score (nSPS) is 15.6. The first kappa shape index (κ1) is 22.0. The molecule has 4 rings (SSSR count). The minimum Gasteiger partial charge on any atom is -0.508 e. The van der Waals surface area contributed by atoms with Crippen LogP contribution in [-0.4, -0.2) is 40.7 Å². The molecule has 2 heterocycles. The molecule has 166 valence electrons. The highest BCUT2D eigenvalue weighted by molar-refractivity contribution is 7.85. The summed E-state index contributed by atoms with van der Waals surface area (Å²) in [6.07, 6.45) is 3.80. The van der Waals surface area contributed by atoms with Gasteiger partial charge in [0, 0.05) is 35.6 Å². The van der Waals surface area contributed by atoms with Crippen molar-refractivity contribution in [3.05, 3.63) is 76.2 Å². The zero-order valence-corrected chi connectivity index (χ0v) is 18.6. The van der Waals surface area contributed by atoms with E-state index >= 15 is 0 Å². The molecule has 0 unspecified atom stereocenters. The van der Waals surface area contributed by atoms with Crippen LogP contribution < -0.4 is 5.63 Å². The Morgan fingerprint density at radius 2 is 1.84 bits per heavy atom. The molecular formula is C24H24NO6S+. The average molecular weight is 455 g/mol. The Hall–Kier alpha value is -3.23. The first-order valence-corrected chi connectivity index (χ1v) is 11.8. The van der Waals surface area contributed by atoms with E-state index in [4.69, 9.17) is 8.97 Å². The standard InChI is InChI=1S/C24H23NO6S/c1-24(2)19-6-3-4-7-20(19)25(12-5-13-32(28,29)30)22(24)11-9-17-14-16-8-10-18(26)15-21(16)31-23(17)27/h3-4,6-11,14-15H,5,12-13H2,1-2H3,(H,28,29,30)/p+1. The number of para-hydroxylation sites is 1. The maximum atomic E-state index is 12.5. The Morgan fingerprint density at radius 3 is 2.59 bits per heavy atom. The third kappa shape index (κ3) is 4.24. The highest BCUT2D eigenvalue weighted by Crippen LogP contribution is 2.40. The first-order valence-electron chi connectivity index (χ1n) is 10.2. The summed E-state index contributed by atoms with van der Waals surface area (Å²) in [5.41, 5.74) is 2.72. The zero-order chi connectivity index (χ0) is 23.1. The van der Waals surface area contributed by atoms with Gasteiger partial charge in [0.05, 0.1) is 16.7 Å². The molecule has 3 aromatic rings. The molecule has 0 radical (unpaired) electrons. The number of phenols is 1. The van der Waals surface area contributed by atoms with Crippen molar-refractivity contribution in [1.29, 1.82) is 0 Å². The third-order valence-corrected chi connectivity index (χ3v) is 6.56. The number of hydrogen-bond donors (Lipinski definition) is 2. The summed E-state index contributed by atoms with van der Waals surface area (Å²) >= 11 is 0. The fourth-order valence-electron chi connectivity index (χ4n) is 4.19. The molecule has 0 atom stereocenters. The summed E-state index contributed by atoms with van der Waals surface area (Å²) in [5, 5.41) is 10.3. The summed E-state index contributed by atoms with van der Waals surface area (Å²) in [6, 6.07) is 14.2. The summed E-state index contributed by atoms with van der Waals surface area (Å²) in [5.74, 6) is -0.310. The SMILES string of the molecule is CC1(C)C(/C=C/c2cc3ccc(O)cc3oc2=O)=[N+](CCCS(=O)(=O)O)c2ccccc21. The van der Waals surface area contributed by atoms with Crippen molar-refractivity contribution in [2.75, 3.05) is 12.3 Å². The fraction of sp³-hybridized carbons (Fsp3) is 0.250. The van der Waals surface area contributed by atoms with E-state index in [0.717, 1.165) is 17.0 Å². The molecule has 1 aliphatic rings. The van der Waals surface area contributed by atoms with Crippen LogP contribution in [0, 0.1) is 0 Å². The number of allylic oxidation sites excluding steroid dienone is 1.